The molecule has 18 heavy (non-hydrogen) atoms. The molecule has 2 fully saturated rings. The molecule has 5 nitrogen and oxygen atoms in total. The molecule has 0 radical (unpaired) electrons. The second-order valence-electron chi connectivity index (χ2n) is 5.67. The summed E-state index contributed by atoms with van der Waals surface area (Å²) in [5, 5.41) is 6.69. The fraction of sp³-hybridized carbons (Fsp3) is 0.750. The predicted octanol–water partition coefficient (Wildman–Crippen LogP) is 1.49. The maximum Gasteiger partial charge on any atom is 0.244 e. The van der Waals surface area contributed by atoms with Crippen molar-refractivity contribution in [3.05, 3.63) is 11.4 Å². The molecule has 0 amide bonds. The van der Waals surface area contributed by atoms with E-state index in [9.17, 15) is 8.42 Å². The van der Waals surface area contributed by atoms with Gasteiger partial charge in [0.25, 0.3) is 0 Å². The number of nitrogens with one attached hydrogen (secondary N) is 2. The summed E-state index contributed by atoms with van der Waals surface area (Å²) in [5.74, 6) is 1.27. The number of hydrogen-bond acceptors (Lipinski definition) is 3. The van der Waals surface area contributed by atoms with Crippen molar-refractivity contribution < 1.29 is 8.42 Å². The summed E-state index contributed by atoms with van der Waals surface area (Å²) in [6.45, 7) is 3.47. The molecule has 2 aliphatic carbocycles. The number of aryl methyl sites for hydroxylation is 2. The average molecular weight is 269 g/mol. The number of H-pyrrole nitrogens is 1. The van der Waals surface area contributed by atoms with Crippen LogP contribution >= 0.6 is 0 Å². The van der Waals surface area contributed by atoms with E-state index < -0.39 is 10.0 Å². The van der Waals surface area contributed by atoms with Crippen molar-refractivity contribution in [1.82, 2.24) is 14.9 Å². The molecule has 3 unspecified atom stereocenters. The molecule has 1 aromatic heterocycles. The number of aromatic amines is 1. The molecular formula is C12H19N3O2S. The third-order valence-electron chi connectivity index (χ3n) is 4.37. The van der Waals surface area contributed by atoms with E-state index in [0.717, 1.165) is 12.3 Å². The Morgan fingerprint density at radius 2 is 2.06 bits per heavy atom. The SMILES string of the molecule is Cc1n[nH]c(C)c1S(=O)(=O)NC1CC2CCC1C2. The molecule has 1 heterocycles. The zero-order valence-corrected chi connectivity index (χ0v) is 11.5. The van der Waals surface area contributed by atoms with Gasteiger partial charge in [0, 0.05) is 6.04 Å². The first-order chi connectivity index (χ1) is 8.47. The molecule has 2 N–H and O–H groups in total. The quantitative estimate of drug-likeness (QED) is 0.873. The van der Waals surface area contributed by atoms with Crippen molar-refractivity contribution in [3.63, 3.8) is 0 Å². The van der Waals surface area contributed by atoms with Crippen LogP contribution in [0.15, 0.2) is 4.90 Å². The van der Waals surface area contributed by atoms with Crippen LogP contribution in [0.5, 0.6) is 0 Å². The van der Waals surface area contributed by atoms with Gasteiger partial charge in [0.2, 0.25) is 10.0 Å². The largest absolute Gasteiger partial charge is 0.281 e. The molecule has 100 valence electrons. The van der Waals surface area contributed by atoms with Gasteiger partial charge in [-0.3, -0.25) is 5.10 Å². The van der Waals surface area contributed by atoms with E-state index in [0.29, 0.717) is 22.2 Å². The summed E-state index contributed by atoms with van der Waals surface area (Å²) in [6.07, 6.45) is 4.63. The standard InChI is InChI=1S/C12H19N3O2S/c1-7-12(8(2)14-13-7)18(16,17)15-11-6-9-3-4-10(11)5-9/h9-11,15H,3-6H2,1-2H3,(H,13,14). The van der Waals surface area contributed by atoms with Crippen LogP contribution in [-0.4, -0.2) is 24.7 Å². The topological polar surface area (TPSA) is 74.8 Å². The highest BCUT2D eigenvalue weighted by molar-refractivity contribution is 7.89. The molecule has 0 aliphatic heterocycles. The lowest BCUT2D eigenvalue weighted by atomic mass is 9.96. The van der Waals surface area contributed by atoms with Gasteiger partial charge in [-0.2, -0.15) is 5.10 Å². The molecule has 3 rings (SSSR count). The highest BCUT2D eigenvalue weighted by Crippen LogP contribution is 2.44. The van der Waals surface area contributed by atoms with Crippen LogP contribution in [0, 0.1) is 25.7 Å². The molecule has 2 aliphatic rings. The fourth-order valence-electron chi connectivity index (χ4n) is 3.58. The number of fused-ring (bicyclic) bond motifs is 2. The first-order valence-corrected chi connectivity index (χ1v) is 7.99. The Balaban J connectivity index is 1.84. The van der Waals surface area contributed by atoms with E-state index in [4.69, 9.17) is 0 Å². The second kappa shape index (κ2) is 4.06. The molecule has 0 saturated heterocycles. The first kappa shape index (κ1) is 12.2. The number of hydrogen-bond donors (Lipinski definition) is 2. The van der Waals surface area contributed by atoms with Gasteiger partial charge in [0.1, 0.15) is 4.90 Å². The summed E-state index contributed by atoms with van der Waals surface area (Å²) in [5.41, 5.74) is 1.16. The van der Waals surface area contributed by atoms with Crippen LogP contribution < -0.4 is 4.72 Å². The zero-order chi connectivity index (χ0) is 12.9. The van der Waals surface area contributed by atoms with Crippen LogP contribution in [0.1, 0.15) is 37.1 Å². The number of nitrogens with zero attached hydrogens (tertiary/aromatic N) is 1. The van der Waals surface area contributed by atoms with E-state index >= 15 is 0 Å². The van der Waals surface area contributed by atoms with Crippen molar-refractivity contribution >= 4 is 10.0 Å². The second-order valence-corrected chi connectivity index (χ2v) is 7.32. The van der Waals surface area contributed by atoms with Gasteiger partial charge >= 0.3 is 0 Å². The Labute approximate surface area is 107 Å². The lowest BCUT2D eigenvalue weighted by Gasteiger charge is -2.22. The zero-order valence-electron chi connectivity index (χ0n) is 10.7. The minimum absolute atomic E-state index is 0.127. The lowest BCUT2D eigenvalue weighted by molar-refractivity contribution is 0.390. The number of rotatable bonds is 3. The molecule has 1 aromatic rings. The highest BCUT2D eigenvalue weighted by Gasteiger charge is 2.41. The predicted molar refractivity (Wildman–Crippen MR) is 67.6 cm³/mol. The van der Waals surface area contributed by atoms with Crippen LogP contribution in [0.2, 0.25) is 0 Å². The van der Waals surface area contributed by atoms with Gasteiger partial charge < -0.3 is 0 Å². The van der Waals surface area contributed by atoms with Crippen molar-refractivity contribution in [2.75, 3.05) is 0 Å². The van der Waals surface area contributed by atoms with E-state index in [2.05, 4.69) is 14.9 Å². The van der Waals surface area contributed by atoms with Crippen LogP contribution in [0.3, 0.4) is 0 Å². The summed E-state index contributed by atoms with van der Waals surface area (Å²) in [7, 11) is -3.43. The molecule has 2 saturated carbocycles. The summed E-state index contributed by atoms with van der Waals surface area (Å²) in [6, 6.07) is 0.127. The van der Waals surface area contributed by atoms with Crippen LogP contribution in [0.4, 0.5) is 0 Å². The fourth-order valence-corrected chi connectivity index (χ4v) is 5.27. The number of sulfonamides is 1. The Morgan fingerprint density at radius 3 is 2.56 bits per heavy atom. The Bertz CT molecular complexity index is 544. The molecule has 2 bridgehead atoms. The van der Waals surface area contributed by atoms with Crippen LogP contribution in [0.25, 0.3) is 0 Å². The van der Waals surface area contributed by atoms with Crippen LogP contribution in [-0.2, 0) is 10.0 Å². The molecule has 6 heteroatoms. The third kappa shape index (κ3) is 1.87. The smallest absolute Gasteiger partial charge is 0.244 e. The van der Waals surface area contributed by atoms with Gasteiger partial charge in [-0.1, -0.05) is 6.42 Å². The molecule has 0 spiro atoms. The summed E-state index contributed by atoms with van der Waals surface area (Å²) < 4.78 is 27.7. The van der Waals surface area contributed by atoms with E-state index in [1.165, 1.54) is 19.3 Å². The Hall–Kier alpha value is -0.880. The van der Waals surface area contributed by atoms with Crippen molar-refractivity contribution in [1.29, 1.82) is 0 Å². The minimum atomic E-state index is -3.43. The third-order valence-corrected chi connectivity index (χ3v) is 6.13. The monoisotopic (exact) mass is 269 g/mol. The maximum atomic E-state index is 12.4. The van der Waals surface area contributed by atoms with E-state index in [1.54, 1.807) is 13.8 Å². The average Bonchev–Trinajstić information content (AvgIpc) is 2.93. The van der Waals surface area contributed by atoms with E-state index in [1.807, 2.05) is 0 Å². The van der Waals surface area contributed by atoms with Gasteiger partial charge in [0.15, 0.2) is 0 Å². The summed E-state index contributed by atoms with van der Waals surface area (Å²) in [4.78, 5) is 0.324. The van der Waals surface area contributed by atoms with E-state index in [-0.39, 0.29) is 6.04 Å². The van der Waals surface area contributed by atoms with Gasteiger partial charge in [-0.05, 0) is 44.9 Å². The normalized spacial score (nSPS) is 31.1. The van der Waals surface area contributed by atoms with Gasteiger partial charge in [-0.25, -0.2) is 13.1 Å². The van der Waals surface area contributed by atoms with Crippen molar-refractivity contribution in [2.45, 2.75) is 50.5 Å². The summed E-state index contributed by atoms with van der Waals surface area (Å²) >= 11 is 0. The Morgan fingerprint density at radius 1 is 1.28 bits per heavy atom. The number of aromatic nitrogens is 2. The minimum Gasteiger partial charge on any atom is -0.281 e. The molecule has 0 aromatic carbocycles. The Kier molecular flexibility index (Phi) is 2.75. The highest BCUT2D eigenvalue weighted by atomic mass is 32.2. The van der Waals surface area contributed by atoms with Gasteiger partial charge in [0.05, 0.1) is 11.4 Å². The van der Waals surface area contributed by atoms with Crippen molar-refractivity contribution in [2.24, 2.45) is 11.8 Å². The first-order valence-electron chi connectivity index (χ1n) is 6.51. The lowest BCUT2D eigenvalue weighted by Crippen LogP contribution is -2.38. The van der Waals surface area contributed by atoms with Crippen molar-refractivity contribution in [3.8, 4) is 0 Å². The van der Waals surface area contributed by atoms with Gasteiger partial charge in [-0.15, -0.1) is 0 Å². The molecule has 3 atom stereocenters. The maximum absolute atomic E-state index is 12.4. The molecular weight excluding hydrogens is 250 g/mol.